The van der Waals surface area contributed by atoms with Gasteiger partial charge >= 0.3 is 12.4 Å². The minimum absolute atomic E-state index is 0.162. The number of rotatable bonds is 6. The van der Waals surface area contributed by atoms with E-state index in [1.54, 1.807) is 0 Å². The van der Waals surface area contributed by atoms with E-state index in [0.29, 0.717) is 32.1 Å². The Balaban J connectivity index is 1.66. The molecule has 0 spiro atoms. The van der Waals surface area contributed by atoms with Gasteiger partial charge in [0.2, 0.25) is 0 Å². The maximum atomic E-state index is 14.6. The van der Waals surface area contributed by atoms with E-state index in [4.69, 9.17) is 4.74 Å². The highest BCUT2D eigenvalue weighted by Gasteiger charge is 2.57. The molecule has 6 rings (SSSR count). The second kappa shape index (κ2) is 9.19. The third-order valence-electron chi connectivity index (χ3n) is 8.49. The summed E-state index contributed by atoms with van der Waals surface area (Å²) in [5.74, 6) is 0.429. The topological polar surface area (TPSA) is 83.8 Å². The van der Waals surface area contributed by atoms with E-state index >= 15 is 0 Å². The van der Waals surface area contributed by atoms with Crippen LogP contribution in [0.1, 0.15) is 60.8 Å². The smallest absolute Gasteiger partial charge is 0.390 e. The first kappa shape index (κ1) is 28.4. The average Bonchev–Trinajstić information content (AvgIpc) is 2.75. The molecule has 2 unspecified atom stereocenters. The van der Waals surface area contributed by atoms with Crippen molar-refractivity contribution in [1.29, 1.82) is 0 Å². The van der Waals surface area contributed by atoms with Crippen molar-refractivity contribution >= 4 is 10.1 Å². The minimum Gasteiger partial charge on any atom is -0.390 e. The van der Waals surface area contributed by atoms with Gasteiger partial charge in [0, 0.05) is 5.56 Å². The van der Waals surface area contributed by atoms with Crippen LogP contribution in [0.3, 0.4) is 0 Å². The fraction of sp³-hybridized carbons (Fsp3) is 0.556. The van der Waals surface area contributed by atoms with Gasteiger partial charge in [0.25, 0.3) is 10.1 Å². The zero-order valence-electron chi connectivity index (χ0n) is 21.0. The number of benzene rings is 2. The molecule has 2 atom stereocenters. The zero-order chi connectivity index (χ0) is 28.6. The summed E-state index contributed by atoms with van der Waals surface area (Å²) in [5, 5.41) is 11.0. The van der Waals surface area contributed by atoms with E-state index in [1.807, 2.05) is 0 Å². The fourth-order valence-electron chi connectivity index (χ4n) is 7.89. The van der Waals surface area contributed by atoms with E-state index in [-0.39, 0.29) is 24.0 Å². The van der Waals surface area contributed by atoms with E-state index in [1.165, 1.54) is 30.3 Å². The maximum Gasteiger partial charge on any atom is 0.418 e. The molecule has 2 aromatic rings. The molecule has 0 aliphatic heterocycles. The number of aliphatic hydroxyl groups is 1. The normalized spacial score (nSPS) is 28.7. The molecule has 0 aromatic heterocycles. The molecule has 4 fully saturated rings. The van der Waals surface area contributed by atoms with Gasteiger partial charge in [0.15, 0.2) is 0 Å². The summed E-state index contributed by atoms with van der Waals surface area (Å²) < 4.78 is 127. The molecule has 2 N–H and O–H groups in total. The van der Waals surface area contributed by atoms with Crippen molar-refractivity contribution in [2.45, 2.75) is 74.9 Å². The van der Waals surface area contributed by atoms with Crippen LogP contribution in [0.5, 0.6) is 0 Å². The third-order valence-corrected chi connectivity index (χ3v) is 9.52. The Kier molecular flexibility index (Phi) is 6.68. The van der Waals surface area contributed by atoms with Crippen molar-refractivity contribution in [3.63, 3.8) is 0 Å². The third kappa shape index (κ3) is 5.20. The Morgan fingerprint density at radius 2 is 1.51 bits per heavy atom. The molecule has 0 heterocycles. The molecule has 39 heavy (non-hydrogen) atoms. The average molecular weight is 579 g/mol. The lowest BCUT2D eigenvalue weighted by Crippen LogP contribution is -2.57. The monoisotopic (exact) mass is 578 g/mol. The van der Waals surface area contributed by atoms with Crippen molar-refractivity contribution in [2.24, 2.45) is 17.3 Å². The summed E-state index contributed by atoms with van der Waals surface area (Å²) in [6.45, 7) is -0.537. The number of halogens is 6. The van der Waals surface area contributed by atoms with E-state index in [2.05, 4.69) is 0 Å². The first-order valence-electron chi connectivity index (χ1n) is 12.6. The van der Waals surface area contributed by atoms with E-state index in [0.717, 1.165) is 13.3 Å². The highest BCUT2D eigenvalue weighted by Crippen LogP contribution is 2.61. The molecule has 12 heteroatoms. The molecule has 0 radical (unpaired) electrons. The molecule has 2 aromatic carbocycles. The Labute approximate surface area is 221 Å². The van der Waals surface area contributed by atoms with Gasteiger partial charge < -0.3 is 9.84 Å². The van der Waals surface area contributed by atoms with Crippen LogP contribution in [0.4, 0.5) is 26.3 Å². The summed E-state index contributed by atoms with van der Waals surface area (Å²) >= 11 is 0. The van der Waals surface area contributed by atoms with E-state index in [9.17, 15) is 44.4 Å². The predicted octanol–water partition coefficient (Wildman–Crippen LogP) is 6.79. The lowest BCUT2D eigenvalue weighted by molar-refractivity contribution is -0.182. The molecule has 4 saturated carbocycles. The molecule has 5 nitrogen and oxygen atoms in total. The maximum absolute atomic E-state index is 14.6. The Hall–Kier alpha value is -2.15. The first-order valence-corrected chi connectivity index (χ1v) is 14.0. The number of alkyl halides is 6. The van der Waals surface area contributed by atoms with Gasteiger partial charge in [-0.1, -0.05) is 30.3 Å². The predicted molar refractivity (Wildman–Crippen MR) is 128 cm³/mol. The molecule has 0 amide bonds. The van der Waals surface area contributed by atoms with Crippen LogP contribution in [-0.4, -0.2) is 30.3 Å². The van der Waals surface area contributed by atoms with Crippen LogP contribution in [0.2, 0.25) is 0 Å². The fourth-order valence-corrected chi connectivity index (χ4v) is 8.87. The lowest BCUT2D eigenvalue weighted by Gasteiger charge is -2.60. The van der Waals surface area contributed by atoms with Gasteiger partial charge in [-0.3, -0.25) is 4.55 Å². The van der Waals surface area contributed by atoms with Gasteiger partial charge in [-0.2, -0.15) is 34.8 Å². The van der Waals surface area contributed by atoms with Gasteiger partial charge in [-0.25, -0.2) is 0 Å². The minimum atomic E-state index is -5.61. The highest BCUT2D eigenvalue weighted by molar-refractivity contribution is 7.86. The summed E-state index contributed by atoms with van der Waals surface area (Å²) in [6, 6.07) is 6.67. The summed E-state index contributed by atoms with van der Waals surface area (Å²) in [7, 11) is -5.61. The number of hydrogen-bond acceptors (Lipinski definition) is 4. The van der Waals surface area contributed by atoms with Crippen LogP contribution in [0, 0.1) is 24.2 Å². The van der Waals surface area contributed by atoms with Gasteiger partial charge in [-0.05, 0) is 79.4 Å². The van der Waals surface area contributed by atoms with Crippen LogP contribution in [-0.2, 0) is 33.8 Å². The Morgan fingerprint density at radius 1 is 0.949 bits per heavy atom. The Bertz CT molecular complexity index is 1370. The van der Waals surface area contributed by atoms with Crippen molar-refractivity contribution in [1.82, 2.24) is 0 Å². The quantitative estimate of drug-likeness (QED) is 0.291. The van der Waals surface area contributed by atoms with Gasteiger partial charge in [0.05, 0.1) is 29.9 Å². The van der Waals surface area contributed by atoms with Crippen LogP contribution in [0.25, 0.3) is 11.1 Å². The SMILES string of the molecule is Cc1c(-c2ccccc2)c(C(F)(F)F)c(COCC23CC4CC(CC(O)(C4)C2)C3)c(C(F)(F)F)c1S(=O)(=O)O. The van der Waals surface area contributed by atoms with Crippen LogP contribution >= 0.6 is 0 Å². The van der Waals surface area contributed by atoms with Crippen LogP contribution < -0.4 is 0 Å². The number of ether oxygens (including phenoxy) is 1. The summed E-state index contributed by atoms with van der Waals surface area (Å²) in [5.41, 5.74) is -8.42. The second-order valence-electron chi connectivity index (χ2n) is 11.6. The van der Waals surface area contributed by atoms with Crippen LogP contribution in [0.15, 0.2) is 35.2 Å². The lowest BCUT2D eigenvalue weighted by atomic mass is 9.48. The zero-order valence-corrected chi connectivity index (χ0v) is 21.8. The molecular formula is C27H28F6O5S. The summed E-state index contributed by atoms with van der Waals surface area (Å²) in [4.78, 5) is -1.62. The van der Waals surface area contributed by atoms with Crippen molar-refractivity contribution in [3.8, 4) is 11.1 Å². The molecule has 4 aliphatic rings. The second-order valence-corrected chi connectivity index (χ2v) is 12.9. The first-order chi connectivity index (χ1) is 17.9. The van der Waals surface area contributed by atoms with E-state index < -0.39 is 72.8 Å². The highest BCUT2D eigenvalue weighted by atomic mass is 32.2. The molecular weight excluding hydrogens is 550 g/mol. The number of hydrogen-bond donors (Lipinski definition) is 2. The largest absolute Gasteiger partial charge is 0.418 e. The summed E-state index contributed by atoms with van der Waals surface area (Å²) in [6.07, 6.45) is -7.04. The molecule has 4 bridgehead atoms. The van der Waals surface area contributed by atoms with Crippen molar-refractivity contribution in [3.05, 3.63) is 52.6 Å². The Morgan fingerprint density at radius 3 is 2.00 bits per heavy atom. The van der Waals surface area contributed by atoms with Crippen molar-refractivity contribution in [2.75, 3.05) is 6.61 Å². The van der Waals surface area contributed by atoms with Crippen molar-refractivity contribution < 1.29 is 49.2 Å². The molecule has 4 aliphatic carbocycles. The molecule has 214 valence electrons. The van der Waals surface area contributed by atoms with Gasteiger partial charge in [-0.15, -0.1) is 0 Å². The standard InChI is InChI=1S/C27H28F6O5S/c1-15-20(18-5-3-2-4-6-18)21(26(28,29)30)19(22(27(31,32)33)23(15)39(35,36)37)12-38-14-24-8-16-7-17(9-24)11-25(34,10-16)13-24/h2-6,16-17,34H,7-14H2,1H3,(H,35,36,37). The van der Waals surface area contributed by atoms with Gasteiger partial charge in [0.1, 0.15) is 4.90 Å². The molecule has 0 saturated heterocycles.